The molecule has 2 aliphatic rings. The number of likely N-dealkylation sites (tertiary alicyclic amines) is 1. The van der Waals surface area contributed by atoms with Crippen LogP contribution in [-0.2, 0) is 4.74 Å². The SMILES string of the molecule is NC1=NCC(CN2CCCC2)O1. The van der Waals surface area contributed by atoms with Crippen molar-refractivity contribution < 1.29 is 4.74 Å². The molecule has 0 bridgehead atoms. The minimum Gasteiger partial charge on any atom is -0.459 e. The first-order valence-electron chi connectivity index (χ1n) is 4.53. The van der Waals surface area contributed by atoms with E-state index >= 15 is 0 Å². The third-order valence-electron chi connectivity index (χ3n) is 2.40. The van der Waals surface area contributed by atoms with Gasteiger partial charge in [0.05, 0.1) is 6.54 Å². The third kappa shape index (κ3) is 1.69. The molecule has 1 saturated heterocycles. The van der Waals surface area contributed by atoms with Crippen LogP contribution in [0.4, 0.5) is 0 Å². The molecule has 68 valence electrons. The number of hydrogen-bond acceptors (Lipinski definition) is 4. The lowest BCUT2D eigenvalue weighted by Gasteiger charge is -2.18. The minimum atomic E-state index is 0.211. The highest BCUT2D eigenvalue weighted by molar-refractivity contribution is 5.73. The average Bonchev–Trinajstić information content (AvgIpc) is 2.63. The number of amidine groups is 1. The molecule has 2 aliphatic heterocycles. The molecule has 4 heteroatoms. The van der Waals surface area contributed by atoms with Crippen molar-refractivity contribution >= 4 is 6.02 Å². The molecule has 0 saturated carbocycles. The van der Waals surface area contributed by atoms with Crippen molar-refractivity contribution in [2.75, 3.05) is 26.2 Å². The highest BCUT2D eigenvalue weighted by Crippen LogP contribution is 2.11. The van der Waals surface area contributed by atoms with Crippen LogP contribution in [0.25, 0.3) is 0 Å². The second-order valence-corrected chi connectivity index (χ2v) is 3.43. The Bertz CT molecular complexity index is 187. The molecule has 0 radical (unpaired) electrons. The summed E-state index contributed by atoms with van der Waals surface area (Å²) in [6, 6.07) is 0.360. The van der Waals surface area contributed by atoms with E-state index in [9.17, 15) is 0 Å². The predicted molar refractivity (Wildman–Crippen MR) is 47.0 cm³/mol. The van der Waals surface area contributed by atoms with Crippen LogP contribution in [0.3, 0.4) is 0 Å². The quantitative estimate of drug-likeness (QED) is 0.622. The van der Waals surface area contributed by atoms with E-state index < -0.39 is 0 Å². The first-order valence-corrected chi connectivity index (χ1v) is 4.53. The molecule has 4 nitrogen and oxygen atoms in total. The molecule has 12 heavy (non-hydrogen) atoms. The van der Waals surface area contributed by atoms with Crippen molar-refractivity contribution in [1.29, 1.82) is 0 Å². The topological polar surface area (TPSA) is 50.8 Å². The second-order valence-electron chi connectivity index (χ2n) is 3.43. The van der Waals surface area contributed by atoms with Gasteiger partial charge >= 0.3 is 0 Å². The number of nitrogens with two attached hydrogens (primary N) is 1. The van der Waals surface area contributed by atoms with Crippen LogP contribution in [0.5, 0.6) is 0 Å². The number of hydrogen-bond donors (Lipinski definition) is 1. The Kier molecular flexibility index (Phi) is 2.17. The molecule has 2 N–H and O–H groups in total. The molecule has 0 aromatic heterocycles. The van der Waals surface area contributed by atoms with E-state index in [0.29, 0.717) is 6.02 Å². The molecule has 2 rings (SSSR count). The number of ether oxygens (including phenoxy) is 1. The molecule has 2 heterocycles. The molecule has 0 aromatic carbocycles. The van der Waals surface area contributed by atoms with Crippen molar-refractivity contribution in [3.05, 3.63) is 0 Å². The fraction of sp³-hybridized carbons (Fsp3) is 0.875. The Hall–Kier alpha value is -0.770. The van der Waals surface area contributed by atoms with Crippen LogP contribution < -0.4 is 5.73 Å². The zero-order chi connectivity index (χ0) is 8.39. The van der Waals surface area contributed by atoms with Gasteiger partial charge < -0.3 is 10.5 Å². The van der Waals surface area contributed by atoms with Gasteiger partial charge in [0.25, 0.3) is 6.02 Å². The summed E-state index contributed by atoms with van der Waals surface area (Å²) in [5.41, 5.74) is 5.41. The van der Waals surface area contributed by atoms with Gasteiger partial charge in [-0.3, -0.25) is 4.90 Å². The van der Waals surface area contributed by atoms with Crippen molar-refractivity contribution in [1.82, 2.24) is 4.90 Å². The van der Waals surface area contributed by atoms with Crippen LogP contribution >= 0.6 is 0 Å². The average molecular weight is 169 g/mol. The number of rotatable bonds is 2. The van der Waals surface area contributed by atoms with E-state index in [4.69, 9.17) is 10.5 Å². The molecule has 1 unspecified atom stereocenters. The summed E-state index contributed by atoms with van der Waals surface area (Å²) in [6.45, 7) is 4.14. The van der Waals surface area contributed by atoms with Crippen molar-refractivity contribution in [3.8, 4) is 0 Å². The molecular formula is C8H15N3O. The van der Waals surface area contributed by atoms with Gasteiger partial charge in [-0.25, -0.2) is 4.99 Å². The van der Waals surface area contributed by atoms with E-state index in [0.717, 1.165) is 13.1 Å². The van der Waals surface area contributed by atoms with Crippen molar-refractivity contribution in [2.24, 2.45) is 10.7 Å². The lowest BCUT2D eigenvalue weighted by atomic mass is 10.3. The monoisotopic (exact) mass is 169 g/mol. The number of nitrogens with zero attached hydrogens (tertiary/aromatic N) is 2. The number of aliphatic imine (C=N–C) groups is 1. The molecule has 0 aromatic rings. The molecule has 1 fully saturated rings. The Balaban J connectivity index is 1.74. The molecule has 1 atom stereocenters. The Morgan fingerprint density at radius 2 is 2.25 bits per heavy atom. The maximum Gasteiger partial charge on any atom is 0.282 e. The van der Waals surface area contributed by atoms with Gasteiger partial charge in [0.15, 0.2) is 0 Å². The summed E-state index contributed by atoms with van der Waals surface area (Å²) >= 11 is 0. The van der Waals surface area contributed by atoms with Gasteiger partial charge in [-0.2, -0.15) is 0 Å². The summed E-state index contributed by atoms with van der Waals surface area (Å²) in [6.07, 6.45) is 2.86. The Morgan fingerprint density at radius 3 is 2.83 bits per heavy atom. The highest BCUT2D eigenvalue weighted by Gasteiger charge is 2.22. The molecule has 0 spiro atoms. The van der Waals surface area contributed by atoms with Crippen LogP contribution in [0.2, 0.25) is 0 Å². The third-order valence-corrected chi connectivity index (χ3v) is 2.40. The zero-order valence-electron chi connectivity index (χ0n) is 7.20. The maximum absolute atomic E-state index is 5.41. The lowest BCUT2D eigenvalue weighted by molar-refractivity contribution is 0.160. The van der Waals surface area contributed by atoms with E-state index in [1.807, 2.05) is 0 Å². The van der Waals surface area contributed by atoms with Gasteiger partial charge in [0.1, 0.15) is 6.10 Å². The largest absolute Gasteiger partial charge is 0.459 e. The minimum absolute atomic E-state index is 0.211. The maximum atomic E-state index is 5.41. The fourth-order valence-electron chi connectivity index (χ4n) is 1.79. The normalized spacial score (nSPS) is 30.3. The molecule has 0 amide bonds. The summed E-state index contributed by atoms with van der Waals surface area (Å²) in [7, 11) is 0. The van der Waals surface area contributed by atoms with Crippen LogP contribution in [0.15, 0.2) is 4.99 Å². The summed E-state index contributed by atoms with van der Waals surface area (Å²) in [5.74, 6) is 0. The van der Waals surface area contributed by atoms with E-state index in [1.54, 1.807) is 0 Å². The van der Waals surface area contributed by atoms with Crippen molar-refractivity contribution in [3.63, 3.8) is 0 Å². The Labute approximate surface area is 72.4 Å². The fourth-order valence-corrected chi connectivity index (χ4v) is 1.79. The van der Waals surface area contributed by atoms with E-state index in [-0.39, 0.29) is 6.10 Å². The van der Waals surface area contributed by atoms with Crippen LogP contribution in [-0.4, -0.2) is 43.2 Å². The van der Waals surface area contributed by atoms with Crippen LogP contribution in [0.1, 0.15) is 12.8 Å². The predicted octanol–water partition coefficient (Wildman–Crippen LogP) is -0.204. The van der Waals surface area contributed by atoms with Gasteiger partial charge in [0, 0.05) is 6.54 Å². The summed E-state index contributed by atoms with van der Waals surface area (Å²) in [5, 5.41) is 0. The molecular weight excluding hydrogens is 154 g/mol. The van der Waals surface area contributed by atoms with Crippen molar-refractivity contribution in [2.45, 2.75) is 18.9 Å². The van der Waals surface area contributed by atoms with Gasteiger partial charge in [-0.1, -0.05) is 0 Å². The van der Waals surface area contributed by atoms with E-state index in [2.05, 4.69) is 9.89 Å². The van der Waals surface area contributed by atoms with Crippen LogP contribution in [0, 0.1) is 0 Å². The summed E-state index contributed by atoms with van der Waals surface area (Å²) < 4.78 is 5.31. The zero-order valence-corrected chi connectivity index (χ0v) is 7.20. The standard InChI is InChI=1S/C8H15N3O/c9-8-10-5-7(12-8)6-11-3-1-2-4-11/h7H,1-6H2,(H2,9,10). The smallest absolute Gasteiger partial charge is 0.282 e. The van der Waals surface area contributed by atoms with Gasteiger partial charge in [-0.15, -0.1) is 0 Å². The Morgan fingerprint density at radius 1 is 1.50 bits per heavy atom. The van der Waals surface area contributed by atoms with E-state index in [1.165, 1.54) is 25.9 Å². The molecule has 0 aliphatic carbocycles. The second kappa shape index (κ2) is 3.31. The highest BCUT2D eigenvalue weighted by atomic mass is 16.5. The first kappa shape index (κ1) is 7.86. The van der Waals surface area contributed by atoms with Gasteiger partial charge in [0.2, 0.25) is 0 Å². The van der Waals surface area contributed by atoms with Gasteiger partial charge in [-0.05, 0) is 25.9 Å². The first-order chi connectivity index (χ1) is 5.84. The summed E-state index contributed by atoms with van der Waals surface area (Å²) in [4.78, 5) is 6.42. The lowest BCUT2D eigenvalue weighted by Crippen LogP contribution is -2.33.